The van der Waals surface area contributed by atoms with Crippen LogP contribution in [0.4, 0.5) is 0 Å². The first-order chi connectivity index (χ1) is 9.93. The lowest BCUT2D eigenvalue weighted by Gasteiger charge is -2.18. The summed E-state index contributed by atoms with van der Waals surface area (Å²) in [6.45, 7) is 3.24. The number of unbranched alkanes of at least 4 members (excludes halogenated alkanes) is 1. The van der Waals surface area contributed by atoms with Gasteiger partial charge in [-0.15, -0.1) is 0 Å². The molecule has 0 saturated heterocycles. The third-order valence-electron chi connectivity index (χ3n) is 4.65. The second kappa shape index (κ2) is 13.9. The zero-order chi connectivity index (χ0) is 14.3. The standard InChI is InChI=1S/C19H38O/c1-2-3-18-20-19-16-14-12-10-8-6-4-5-7-9-11-13-15-17-19/h19H,2-18H2,1H3. The van der Waals surface area contributed by atoms with Crippen LogP contribution in [-0.4, -0.2) is 12.7 Å². The summed E-state index contributed by atoms with van der Waals surface area (Å²) in [5, 5.41) is 0. The number of hydrogen-bond donors (Lipinski definition) is 0. The lowest BCUT2D eigenvalue weighted by Crippen LogP contribution is -2.14. The maximum Gasteiger partial charge on any atom is 0.0575 e. The van der Waals surface area contributed by atoms with Crippen LogP contribution in [-0.2, 0) is 4.74 Å². The first kappa shape index (κ1) is 18.0. The van der Waals surface area contributed by atoms with E-state index in [9.17, 15) is 0 Å². The SMILES string of the molecule is CCCCOC1CCCCCCCCCCCCCC1. The highest BCUT2D eigenvalue weighted by Gasteiger charge is 2.09. The Balaban J connectivity index is 2.21. The largest absolute Gasteiger partial charge is 0.378 e. The molecule has 0 bridgehead atoms. The van der Waals surface area contributed by atoms with E-state index in [-0.39, 0.29) is 0 Å². The summed E-state index contributed by atoms with van der Waals surface area (Å²) in [5.74, 6) is 0. The molecule has 0 aromatic rings. The van der Waals surface area contributed by atoms with Gasteiger partial charge in [-0.1, -0.05) is 90.4 Å². The Hall–Kier alpha value is -0.0400. The van der Waals surface area contributed by atoms with Crippen LogP contribution >= 0.6 is 0 Å². The fourth-order valence-corrected chi connectivity index (χ4v) is 3.22. The summed E-state index contributed by atoms with van der Waals surface area (Å²) in [4.78, 5) is 0. The first-order valence-electron chi connectivity index (χ1n) is 9.55. The van der Waals surface area contributed by atoms with Crippen molar-refractivity contribution >= 4 is 0 Å². The summed E-state index contributed by atoms with van der Waals surface area (Å²) in [6.07, 6.45) is 23.0. The van der Waals surface area contributed by atoms with Crippen LogP contribution < -0.4 is 0 Å². The van der Waals surface area contributed by atoms with Crippen LogP contribution in [0.15, 0.2) is 0 Å². The molecule has 1 aliphatic carbocycles. The van der Waals surface area contributed by atoms with E-state index in [1.807, 2.05) is 0 Å². The van der Waals surface area contributed by atoms with Crippen LogP contribution in [0.25, 0.3) is 0 Å². The maximum atomic E-state index is 6.11. The van der Waals surface area contributed by atoms with Crippen LogP contribution in [0, 0.1) is 0 Å². The molecule has 1 nitrogen and oxygen atoms in total. The molecule has 1 rings (SSSR count). The van der Waals surface area contributed by atoms with Gasteiger partial charge in [0.25, 0.3) is 0 Å². The molecule has 20 heavy (non-hydrogen) atoms. The molecule has 1 saturated carbocycles. The average molecular weight is 283 g/mol. The van der Waals surface area contributed by atoms with Gasteiger partial charge in [-0.05, 0) is 19.3 Å². The molecule has 0 amide bonds. The van der Waals surface area contributed by atoms with Crippen LogP contribution in [0.1, 0.15) is 110 Å². The molecule has 0 aromatic heterocycles. The highest BCUT2D eigenvalue weighted by atomic mass is 16.5. The molecule has 0 N–H and O–H groups in total. The maximum absolute atomic E-state index is 6.11. The van der Waals surface area contributed by atoms with Crippen molar-refractivity contribution in [1.29, 1.82) is 0 Å². The minimum absolute atomic E-state index is 0.562. The Kier molecular flexibility index (Phi) is 12.5. The highest BCUT2D eigenvalue weighted by Crippen LogP contribution is 2.18. The van der Waals surface area contributed by atoms with Crippen molar-refractivity contribution in [3.05, 3.63) is 0 Å². The summed E-state index contributed by atoms with van der Waals surface area (Å²) in [7, 11) is 0. The smallest absolute Gasteiger partial charge is 0.0575 e. The Morgan fingerprint density at radius 1 is 0.650 bits per heavy atom. The van der Waals surface area contributed by atoms with Crippen molar-refractivity contribution in [3.63, 3.8) is 0 Å². The molecule has 1 aliphatic rings. The van der Waals surface area contributed by atoms with Crippen molar-refractivity contribution in [2.24, 2.45) is 0 Å². The van der Waals surface area contributed by atoms with Gasteiger partial charge in [0.15, 0.2) is 0 Å². The van der Waals surface area contributed by atoms with Gasteiger partial charge < -0.3 is 4.74 Å². The van der Waals surface area contributed by atoms with Crippen molar-refractivity contribution in [3.8, 4) is 0 Å². The van der Waals surface area contributed by atoms with Gasteiger partial charge in [0.2, 0.25) is 0 Å². The number of rotatable bonds is 4. The average Bonchev–Trinajstić information content (AvgIpc) is 2.47. The molecular formula is C19H38O. The summed E-state index contributed by atoms with van der Waals surface area (Å²) < 4.78 is 6.11. The molecule has 1 fully saturated rings. The third-order valence-corrected chi connectivity index (χ3v) is 4.65. The molecule has 0 atom stereocenters. The van der Waals surface area contributed by atoms with E-state index >= 15 is 0 Å². The summed E-state index contributed by atoms with van der Waals surface area (Å²) >= 11 is 0. The highest BCUT2D eigenvalue weighted by molar-refractivity contribution is 4.61. The normalized spacial score (nSPS) is 22.1. The van der Waals surface area contributed by atoms with E-state index in [1.54, 1.807) is 0 Å². The van der Waals surface area contributed by atoms with E-state index in [2.05, 4.69) is 6.92 Å². The van der Waals surface area contributed by atoms with Gasteiger partial charge in [0.05, 0.1) is 6.10 Å². The second-order valence-corrected chi connectivity index (χ2v) is 6.67. The van der Waals surface area contributed by atoms with Crippen molar-refractivity contribution in [2.45, 2.75) is 116 Å². The summed E-state index contributed by atoms with van der Waals surface area (Å²) in [6, 6.07) is 0. The molecule has 1 heteroatoms. The van der Waals surface area contributed by atoms with Gasteiger partial charge >= 0.3 is 0 Å². The van der Waals surface area contributed by atoms with E-state index in [0.29, 0.717) is 6.10 Å². The minimum atomic E-state index is 0.562. The Morgan fingerprint density at radius 3 is 1.45 bits per heavy atom. The molecule has 120 valence electrons. The van der Waals surface area contributed by atoms with Crippen molar-refractivity contribution in [2.75, 3.05) is 6.61 Å². The van der Waals surface area contributed by atoms with Crippen LogP contribution in [0.5, 0.6) is 0 Å². The molecule has 0 spiro atoms. The van der Waals surface area contributed by atoms with E-state index in [1.165, 1.54) is 103 Å². The summed E-state index contributed by atoms with van der Waals surface area (Å²) in [5.41, 5.74) is 0. The van der Waals surface area contributed by atoms with E-state index < -0.39 is 0 Å². The zero-order valence-corrected chi connectivity index (χ0v) is 14.0. The topological polar surface area (TPSA) is 9.23 Å². The van der Waals surface area contributed by atoms with Crippen LogP contribution in [0.2, 0.25) is 0 Å². The lowest BCUT2D eigenvalue weighted by molar-refractivity contribution is 0.0364. The predicted molar refractivity (Wildman–Crippen MR) is 89.3 cm³/mol. The lowest BCUT2D eigenvalue weighted by atomic mass is 10.0. The van der Waals surface area contributed by atoms with E-state index in [4.69, 9.17) is 4.74 Å². The quantitative estimate of drug-likeness (QED) is 0.525. The molecule has 0 radical (unpaired) electrons. The fraction of sp³-hybridized carbons (Fsp3) is 1.00. The van der Waals surface area contributed by atoms with Crippen LogP contribution in [0.3, 0.4) is 0 Å². The molecular weight excluding hydrogens is 244 g/mol. The molecule has 0 aromatic carbocycles. The second-order valence-electron chi connectivity index (χ2n) is 6.67. The predicted octanol–water partition coefficient (Wildman–Crippen LogP) is 6.65. The number of hydrogen-bond acceptors (Lipinski definition) is 1. The third kappa shape index (κ3) is 10.7. The van der Waals surface area contributed by atoms with Gasteiger partial charge in [-0.3, -0.25) is 0 Å². The molecule has 0 aliphatic heterocycles. The Bertz CT molecular complexity index is 174. The zero-order valence-electron chi connectivity index (χ0n) is 14.0. The van der Waals surface area contributed by atoms with Crippen molar-refractivity contribution in [1.82, 2.24) is 0 Å². The minimum Gasteiger partial charge on any atom is -0.378 e. The van der Waals surface area contributed by atoms with Gasteiger partial charge in [-0.2, -0.15) is 0 Å². The van der Waals surface area contributed by atoms with Gasteiger partial charge in [0.1, 0.15) is 0 Å². The number of ether oxygens (including phenoxy) is 1. The van der Waals surface area contributed by atoms with Gasteiger partial charge in [-0.25, -0.2) is 0 Å². The van der Waals surface area contributed by atoms with Gasteiger partial charge in [0, 0.05) is 6.61 Å². The first-order valence-corrected chi connectivity index (χ1v) is 9.55. The Labute approximate surface area is 127 Å². The van der Waals surface area contributed by atoms with Crippen molar-refractivity contribution < 1.29 is 4.74 Å². The van der Waals surface area contributed by atoms with E-state index in [0.717, 1.165) is 6.61 Å². The molecule has 0 unspecified atom stereocenters. The fourth-order valence-electron chi connectivity index (χ4n) is 3.22. The Morgan fingerprint density at radius 2 is 1.05 bits per heavy atom. The monoisotopic (exact) mass is 282 g/mol. The molecule has 0 heterocycles.